The highest BCUT2D eigenvalue weighted by Crippen LogP contribution is 2.33. The van der Waals surface area contributed by atoms with Crippen molar-refractivity contribution in [1.29, 1.82) is 0 Å². The van der Waals surface area contributed by atoms with Crippen LogP contribution in [-0.2, 0) is 12.5 Å². The van der Waals surface area contributed by atoms with Gasteiger partial charge in [-0.2, -0.15) is 4.57 Å². The third kappa shape index (κ3) is 2.89. The van der Waals surface area contributed by atoms with Gasteiger partial charge in [-0.1, -0.05) is 26.8 Å². The van der Waals surface area contributed by atoms with Gasteiger partial charge in [0.2, 0.25) is 5.69 Å². The van der Waals surface area contributed by atoms with E-state index in [1.165, 1.54) is 33.8 Å². The number of pyridine rings is 1. The van der Waals surface area contributed by atoms with E-state index in [4.69, 9.17) is 0 Å². The largest absolute Gasteiger partial charge is 0.351 e. The molecule has 0 unspecified atom stereocenters. The van der Waals surface area contributed by atoms with Gasteiger partial charge in [-0.25, -0.2) is 0 Å². The molecule has 124 valence electrons. The maximum atomic E-state index is 2.35. The fourth-order valence-electron chi connectivity index (χ4n) is 3.19. The number of aromatic nitrogens is 2. The summed E-state index contributed by atoms with van der Waals surface area (Å²) >= 11 is 0. The van der Waals surface area contributed by atoms with Crippen LogP contribution in [0, 0.1) is 13.8 Å². The highest BCUT2D eigenvalue weighted by molar-refractivity contribution is 5.69. The molecular formula is C22H27N2+. The smallest absolute Gasteiger partial charge is 0.214 e. The summed E-state index contributed by atoms with van der Waals surface area (Å²) in [5, 5.41) is 0. The van der Waals surface area contributed by atoms with Gasteiger partial charge < -0.3 is 4.57 Å². The number of aryl methyl sites for hydroxylation is 2. The zero-order chi connectivity index (χ0) is 17.5. The van der Waals surface area contributed by atoms with Crippen LogP contribution in [0.25, 0.3) is 16.9 Å². The van der Waals surface area contributed by atoms with Crippen LogP contribution in [0.2, 0.25) is 0 Å². The summed E-state index contributed by atoms with van der Waals surface area (Å²) in [5.41, 5.74) is 7.83. The van der Waals surface area contributed by atoms with Crippen molar-refractivity contribution in [3.05, 3.63) is 71.7 Å². The van der Waals surface area contributed by atoms with Gasteiger partial charge in [0.1, 0.15) is 0 Å². The number of rotatable bonds is 2. The Morgan fingerprint density at radius 2 is 1.71 bits per heavy atom. The summed E-state index contributed by atoms with van der Waals surface area (Å²) in [4.78, 5) is 0. The molecule has 1 aromatic carbocycles. The maximum absolute atomic E-state index is 2.35. The maximum Gasteiger partial charge on any atom is 0.214 e. The number of hydrogen-bond acceptors (Lipinski definition) is 0. The first kappa shape index (κ1) is 16.5. The van der Waals surface area contributed by atoms with Gasteiger partial charge in [0.25, 0.3) is 0 Å². The molecule has 0 amide bonds. The van der Waals surface area contributed by atoms with E-state index < -0.39 is 0 Å². The van der Waals surface area contributed by atoms with Gasteiger partial charge >= 0.3 is 0 Å². The standard InChI is InChI=1S/C22H27N2/c1-16-10-7-8-13-24(16)21-15-18(22(3,4)5)14-19(17(21)2)20-11-9-12-23(20)6/h7-15H,1-6H3/q+1. The van der Waals surface area contributed by atoms with Crippen molar-refractivity contribution < 1.29 is 4.57 Å². The summed E-state index contributed by atoms with van der Waals surface area (Å²) in [7, 11) is 2.11. The monoisotopic (exact) mass is 319 g/mol. The van der Waals surface area contributed by atoms with Crippen molar-refractivity contribution in [2.45, 2.75) is 40.0 Å². The van der Waals surface area contributed by atoms with Gasteiger partial charge in [0.15, 0.2) is 11.9 Å². The molecule has 0 fully saturated rings. The quantitative estimate of drug-likeness (QED) is 0.595. The molecule has 0 bridgehead atoms. The summed E-state index contributed by atoms with van der Waals surface area (Å²) in [6.07, 6.45) is 4.26. The summed E-state index contributed by atoms with van der Waals surface area (Å²) in [6.45, 7) is 11.2. The first-order chi connectivity index (χ1) is 11.3. The first-order valence-electron chi connectivity index (χ1n) is 8.53. The van der Waals surface area contributed by atoms with Crippen LogP contribution in [0.4, 0.5) is 0 Å². The van der Waals surface area contributed by atoms with E-state index in [-0.39, 0.29) is 5.41 Å². The normalized spacial score (nSPS) is 11.8. The second-order valence-corrected chi connectivity index (χ2v) is 7.63. The summed E-state index contributed by atoms with van der Waals surface area (Å²) in [5.74, 6) is 0. The lowest BCUT2D eigenvalue weighted by Crippen LogP contribution is -2.35. The number of benzene rings is 1. The minimum Gasteiger partial charge on any atom is -0.351 e. The van der Waals surface area contributed by atoms with Crippen molar-refractivity contribution in [3.8, 4) is 16.9 Å². The third-order valence-corrected chi connectivity index (χ3v) is 4.79. The van der Waals surface area contributed by atoms with Gasteiger partial charge in [-0.15, -0.1) is 0 Å². The molecule has 2 heterocycles. The molecule has 0 aliphatic rings. The predicted molar refractivity (Wildman–Crippen MR) is 101 cm³/mol. The van der Waals surface area contributed by atoms with Gasteiger partial charge in [-0.3, -0.25) is 0 Å². The van der Waals surface area contributed by atoms with E-state index in [0.29, 0.717) is 0 Å². The SMILES string of the molecule is Cc1c(-c2cccn2C)cc(C(C)(C)C)cc1-[n+]1ccccc1C. The average Bonchev–Trinajstić information content (AvgIpc) is 2.93. The molecule has 2 heteroatoms. The van der Waals surface area contributed by atoms with Crippen LogP contribution in [0.5, 0.6) is 0 Å². The fourth-order valence-corrected chi connectivity index (χ4v) is 3.19. The van der Waals surface area contributed by atoms with Crippen LogP contribution in [0.3, 0.4) is 0 Å². The van der Waals surface area contributed by atoms with E-state index in [1.807, 2.05) is 0 Å². The molecule has 2 nitrogen and oxygen atoms in total. The summed E-state index contributed by atoms with van der Waals surface area (Å²) < 4.78 is 4.48. The number of hydrogen-bond donors (Lipinski definition) is 0. The zero-order valence-corrected chi connectivity index (χ0v) is 15.6. The molecule has 0 spiro atoms. The Balaban J connectivity index is 2.34. The van der Waals surface area contributed by atoms with Crippen molar-refractivity contribution in [2.24, 2.45) is 7.05 Å². The van der Waals surface area contributed by atoms with Crippen LogP contribution in [0.1, 0.15) is 37.6 Å². The molecule has 3 rings (SSSR count). The topological polar surface area (TPSA) is 8.81 Å². The molecule has 0 N–H and O–H groups in total. The average molecular weight is 319 g/mol. The van der Waals surface area contributed by atoms with Gasteiger partial charge in [0.05, 0.1) is 0 Å². The molecule has 3 aromatic rings. The van der Waals surface area contributed by atoms with E-state index in [0.717, 1.165) is 0 Å². The van der Waals surface area contributed by atoms with Crippen LogP contribution in [0.15, 0.2) is 54.9 Å². The Bertz CT molecular complexity index is 879. The zero-order valence-electron chi connectivity index (χ0n) is 15.6. The first-order valence-corrected chi connectivity index (χ1v) is 8.53. The van der Waals surface area contributed by atoms with Crippen LogP contribution in [-0.4, -0.2) is 4.57 Å². The molecule has 0 atom stereocenters. The lowest BCUT2D eigenvalue weighted by molar-refractivity contribution is -0.603. The molecule has 0 radical (unpaired) electrons. The van der Waals surface area contributed by atoms with E-state index in [2.05, 4.69) is 106 Å². The molecule has 0 saturated carbocycles. The Hall–Kier alpha value is -2.35. The fraction of sp³-hybridized carbons (Fsp3) is 0.318. The lowest BCUT2D eigenvalue weighted by atomic mass is 9.84. The second-order valence-electron chi connectivity index (χ2n) is 7.63. The molecule has 24 heavy (non-hydrogen) atoms. The van der Waals surface area contributed by atoms with E-state index in [9.17, 15) is 0 Å². The van der Waals surface area contributed by atoms with E-state index >= 15 is 0 Å². The Kier molecular flexibility index (Phi) is 4.08. The van der Waals surface area contributed by atoms with Gasteiger partial charge in [0, 0.05) is 55.2 Å². The van der Waals surface area contributed by atoms with Crippen LogP contribution < -0.4 is 4.57 Å². The van der Waals surface area contributed by atoms with Gasteiger partial charge in [-0.05, 0) is 36.1 Å². The van der Waals surface area contributed by atoms with Crippen molar-refractivity contribution in [1.82, 2.24) is 4.57 Å². The highest BCUT2D eigenvalue weighted by atomic mass is 15.0. The predicted octanol–water partition coefficient (Wildman–Crippen LogP) is 4.88. The minimum absolute atomic E-state index is 0.103. The van der Waals surface area contributed by atoms with Crippen LogP contribution >= 0.6 is 0 Å². The molecule has 0 saturated heterocycles. The van der Waals surface area contributed by atoms with Crippen molar-refractivity contribution >= 4 is 0 Å². The molecule has 2 aromatic heterocycles. The minimum atomic E-state index is 0.103. The van der Waals surface area contributed by atoms with Crippen molar-refractivity contribution in [3.63, 3.8) is 0 Å². The highest BCUT2D eigenvalue weighted by Gasteiger charge is 2.23. The molecule has 0 aliphatic carbocycles. The Labute approximate surface area is 145 Å². The second kappa shape index (κ2) is 5.94. The third-order valence-electron chi connectivity index (χ3n) is 4.79. The molecular weight excluding hydrogens is 292 g/mol. The lowest BCUT2D eigenvalue weighted by Gasteiger charge is -2.22. The Morgan fingerprint density at radius 1 is 0.958 bits per heavy atom. The van der Waals surface area contributed by atoms with Crippen molar-refractivity contribution in [2.75, 3.05) is 0 Å². The number of nitrogens with zero attached hydrogens (tertiary/aromatic N) is 2. The molecule has 0 aliphatic heterocycles. The van der Waals surface area contributed by atoms with E-state index in [1.54, 1.807) is 0 Å². The Morgan fingerprint density at radius 3 is 2.29 bits per heavy atom. The summed E-state index contributed by atoms with van der Waals surface area (Å²) in [6, 6.07) is 15.3.